The molecule has 0 bridgehead atoms. The van der Waals surface area contributed by atoms with Crippen LogP contribution in [0.3, 0.4) is 0 Å². The predicted octanol–water partition coefficient (Wildman–Crippen LogP) is 3.79. The van der Waals surface area contributed by atoms with Crippen molar-refractivity contribution in [2.45, 2.75) is 6.92 Å². The Morgan fingerprint density at radius 3 is 2.75 bits per heavy atom. The summed E-state index contributed by atoms with van der Waals surface area (Å²) in [5, 5.41) is 12.4. The van der Waals surface area contributed by atoms with Crippen LogP contribution in [-0.4, -0.2) is 36.5 Å². The average molecular weight is 383 g/mol. The summed E-state index contributed by atoms with van der Waals surface area (Å²) in [6, 6.07) is 10.2. The van der Waals surface area contributed by atoms with Crippen LogP contribution in [0, 0.1) is 6.92 Å². The van der Waals surface area contributed by atoms with Crippen molar-refractivity contribution in [2.75, 3.05) is 36.3 Å². The fourth-order valence-electron chi connectivity index (χ4n) is 2.36. The van der Waals surface area contributed by atoms with Crippen LogP contribution in [-0.2, 0) is 4.74 Å². The van der Waals surface area contributed by atoms with Crippen molar-refractivity contribution in [2.24, 2.45) is 0 Å². The van der Waals surface area contributed by atoms with E-state index in [2.05, 4.69) is 26.1 Å². The van der Waals surface area contributed by atoms with E-state index < -0.39 is 6.03 Å². The van der Waals surface area contributed by atoms with Gasteiger partial charge < -0.3 is 24.6 Å². The van der Waals surface area contributed by atoms with E-state index in [0.29, 0.717) is 41.9 Å². The van der Waals surface area contributed by atoms with Crippen LogP contribution in [0.1, 0.15) is 5.76 Å². The van der Waals surface area contributed by atoms with Crippen LogP contribution in [0.2, 0.25) is 0 Å². The summed E-state index contributed by atoms with van der Waals surface area (Å²) >= 11 is 0. The van der Waals surface area contributed by atoms with E-state index in [9.17, 15) is 4.79 Å². The number of aromatic nitrogens is 2. The molecule has 3 rings (SSSR count). The molecule has 9 heteroatoms. The smallest absolute Gasteiger partial charge is 0.325 e. The highest BCUT2D eigenvalue weighted by atomic mass is 16.5. The number of nitrogens with zero attached hydrogens (tertiary/aromatic N) is 2. The zero-order valence-electron chi connectivity index (χ0n) is 15.6. The van der Waals surface area contributed by atoms with E-state index in [-0.39, 0.29) is 0 Å². The number of carbonyl (C=O) groups is 1. The number of ether oxygens (including phenoxy) is 2. The molecule has 0 unspecified atom stereocenters. The number of rotatable bonds is 8. The zero-order valence-corrected chi connectivity index (χ0v) is 15.6. The number of amides is 2. The Kier molecular flexibility index (Phi) is 6.42. The van der Waals surface area contributed by atoms with Crippen LogP contribution >= 0.6 is 0 Å². The Morgan fingerprint density at radius 1 is 1.14 bits per heavy atom. The lowest BCUT2D eigenvalue weighted by Gasteiger charge is -2.15. The van der Waals surface area contributed by atoms with E-state index in [1.54, 1.807) is 50.7 Å². The predicted molar refractivity (Wildman–Crippen MR) is 105 cm³/mol. The minimum Gasteiger partial charge on any atom is -0.491 e. The summed E-state index contributed by atoms with van der Waals surface area (Å²) in [6.07, 6.45) is 3.36. The van der Waals surface area contributed by atoms with Gasteiger partial charge in [0, 0.05) is 25.4 Å². The largest absolute Gasteiger partial charge is 0.491 e. The highest BCUT2D eigenvalue weighted by molar-refractivity contribution is 6.01. The number of aryl methyl sites for hydroxylation is 1. The van der Waals surface area contributed by atoms with Crippen molar-refractivity contribution in [1.29, 1.82) is 0 Å². The molecule has 0 spiro atoms. The van der Waals surface area contributed by atoms with Crippen LogP contribution in [0.25, 0.3) is 0 Å². The van der Waals surface area contributed by atoms with Gasteiger partial charge in [-0.1, -0.05) is 5.16 Å². The first-order valence-corrected chi connectivity index (χ1v) is 8.58. The van der Waals surface area contributed by atoms with Gasteiger partial charge in [0.05, 0.1) is 29.9 Å². The second-order valence-electron chi connectivity index (χ2n) is 5.82. The molecule has 2 heterocycles. The van der Waals surface area contributed by atoms with Gasteiger partial charge in [0.2, 0.25) is 0 Å². The molecule has 146 valence electrons. The SMILES string of the molecule is COCCOc1ccc(NC(=O)Nc2cc(C)on2)c(Nc2cccnc2)c1. The molecule has 0 fully saturated rings. The number of anilines is 4. The highest BCUT2D eigenvalue weighted by Gasteiger charge is 2.11. The molecular weight excluding hydrogens is 362 g/mol. The number of pyridine rings is 1. The summed E-state index contributed by atoms with van der Waals surface area (Å²) in [5.41, 5.74) is 1.97. The summed E-state index contributed by atoms with van der Waals surface area (Å²) in [5.74, 6) is 1.57. The van der Waals surface area contributed by atoms with Gasteiger partial charge in [0.15, 0.2) is 5.82 Å². The first-order valence-electron chi connectivity index (χ1n) is 8.58. The van der Waals surface area contributed by atoms with E-state index in [4.69, 9.17) is 14.0 Å². The van der Waals surface area contributed by atoms with Gasteiger partial charge in [-0.05, 0) is 31.2 Å². The van der Waals surface area contributed by atoms with Crippen LogP contribution in [0.15, 0.2) is 53.3 Å². The summed E-state index contributed by atoms with van der Waals surface area (Å²) < 4.78 is 15.6. The van der Waals surface area contributed by atoms with Crippen molar-refractivity contribution in [3.63, 3.8) is 0 Å². The molecule has 2 aromatic heterocycles. The second kappa shape index (κ2) is 9.38. The topological polar surface area (TPSA) is 111 Å². The number of methoxy groups -OCH3 is 1. The molecule has 0 atom stereocenters. The normalized spacial score (nSPS) is 10.4. The number of nitrogens with one attached hydrogen (secondary N) is 3. The maximum absolute atomic E-state index is 12.3. The van der Waals surface area contributed by atoms with Crippen LogP contribution in [0.4, 0.5) is 27.7 Å². The molecule has 0 aliphatic heterocycles. The lowest BCUT2D eigenvalue weighted by Crippen LogP contribution is -2.20. The lowest BCUT2D eigenvalue weighted by atomic mass is 10.2. The minimum absolute atomic E-state index is 0.330. The third kappa shape index (κ3) is 5.45. The number of urea groups is 1. The van der Waals surface area contributed by atoms with Gasteiger partial charge >= 0.3 is 6.03 Å². The van der Waals surface area contributed by atoms with Crippen molar-refractivity contribution in [3.8, 4) is 5.75 Å². The maximum atomic E-state index is 12.3. The second-order valence-corrected chi connectivity index (χ2v) is 5.82. The number of carbonyl (C=O) groups excluding carboxylic acids is 1. The van der Waals surface area contributed by atoms with Gasteiger partial charge in [-0.2, -0.15) is 0 Å². The van der Waals surface area contributed by atoms with Gasteiger partial charge in [-0.15, -0.1) is 0 Å². The van der Waals surface area contributed by atoms with Crippen molar-refractivity contribution in [1.82, 2.24) is 10.1 Å². The molecule has 28 heavy (non-hydrogen) atoms. The molecule has 0 saturated carbocycles. The number of hydrogen-bond acceptors (Lipinski definition) is 7. The molecule has 3 N–H and O–H groups in total. The molecule has 3 aromatic rings. The fourth-order valence-corrected chi connectivity index (χ4v) is 2.36. The van der Waals surface area contributed by atoms with E-state index >= 15 is 0 Å². The molecule has 0 saturated heterocycles. The highest BCUT2D eigenvalue weighted by Crippen LogP contribution is 2.30. The standard InChI is InChI=1S/C19H21N5O4/c1-13-10-18(24-28-13)23-19(25)22-16-6-5-15(27-9-8-26-2)11-17(16)21-14-4-3-7-20-12-14/h3-7,10-12,21H,8-9H2,1-2H3,(H2,22,23,24,25). The van der Waals surface area contributed by atoms with Gasteiger partial charge in [0.1, 0.15) is 18.1 Å². The lowest BCUT2D eigenvalue weighted by molar-refractivity contribution is 0.146. The summed E-state index contributed by atoms with van der Waals surface area (Å²) in [7, 11) is 1.61. The Bertz CT molecular complexity index is 914. The van der Waals surface area contributed by atoms with Crippen LogP contribution in [0.5, 0.6) is 5.75 Å². The first-order chi connectivity index (χ1) is 13.6. The van der Waals surface area contributed by atoms with Crippen LogP contribution < -0.4 is 20.7 Å². The Balaban J connectivity index is 1.76. The monoisotopic (exact) mass is 383 g/mol. The Morgan fingerprint density at radius 2 is 2.04 bits per heavy atom. The molecular formula is C19H21N5O4. The molecule has 0 aliphatic carbocycles. The quantitative estimate of drug-likeness (QED) is 0.508. The maximum Gasteiger partial charge on any atom is 0.325 e. The van der Waals surface area contributed by atoms with Crippen molar-refractivity contribution in [3.05, 3.63) is 54.6 Å². The average Bonchev–Trinajstić information content (AvgIpc) is 3.09. The summed E-state index contributed by atoms with van der Waals surface area (Å²) in [6.45, 7) is 2.64. The molecule has 9 nitrogen and oxygen atoms in total. The van der Waals surface area contributed by atoms with Gasteiger partial charge in [-0.25, -0.2) is 4.79 Å². The van der Waals surface area contributed by atoms with E-state index in [1.165, 1.54) is 0 Å². The summed E-state index contributed by atoms with van der Waals surface area (Å²) in [4.78, 5) is 16.4. The number of hydrogen-bond donors (Lipinski definition) is 3. The van der Waals surface area contributed by atoms with Gasteiger partial charge in [-0.3, -0.25) is 10.3 Å². The van der Waals surface area contributed by atoms with E-state index in [0.717, 1.165) is 5.69 Å². The zero-order chi connectivity index (χ0) is 19.8. The van der Waals surface area contributed by atoms with E-state index in [1.807, 2.05) is 12.1 Å². The molecule has 0 radical (unpaired) electrons. The van der Waals surface area contributed by atoms with Gasteiger partial charge in [0.25, 0.3) is 0 Å². The molecule has 1 aromatic carbocycles. The van der Waals surface area contributed by atoms with Crippen molar-refractivity contribution < 1.29 is 18.8 Å². The Hall–Kier alpha value is -3.59. The minimum atomic E-state index is -0.449. The fraction of sp³-hybridized carbons (Fsp3) is 0.211. The van der Waals surface area contributed by atoms with Crippen molar-refractivity contribution >= 4 is 28.9 Å². The Labute approximate surface area is 162 Å². The molecule has 0 aliphatic rings. The third-order valence-corrected chi connectivity index (χ3v) is 3.61. The molecule has 2 amide bonds. The number of benzene rings is 1. The third-order valence-electron chi connectivity index (χ3n) is 3.61. The first kappa shape index (κ1) is 19.2.